The molecule has 0 saturated carbocycles. The van der Waals surface area contributed by atoms with Crippen molar-refractivity contribution in [3.63, 3.8) is 0 Å². The van der Waals surface area contributed by atoms with Crippen molar-refractivity contribution in [3.8, 4) is 11.1 Å². The fourth-order valence-electron chi connectivity index (χ4n) is 3.88. The summed E-state index contributed by atoms with van der Waals surface area (Å²) in [5, 5.41) is 1.14. The quantitative estimate of drug-likeness (QED) is 0.546. The number of nitrogens with zero attached hydrogens (tertiary/aromatic N) is 2. The Labute approximate surface area is 198 Å². The third-order valence-electron chi connectivity index (χ3n) is 5.50. The number of hydrogen-bond donors (Lipinski definition) is 1. The summed E-state index contributed by atoms with van der Waals surface area (Å²) in [4.78, 5) is 17.3. The van der Waals surface area contributed by atoms with E-state index in [0.717, 1.165) is 39.1 Å². The van der Waals surface area contributed by atoms with Crippen molar-refractivity contribution in [1.82, 2.24) is 9.29 Å². The number of hydrogen-bond acceptors (Lipinski definition) is 4. The number of halogens is 2. The zero-order valence-electron chi connectivity index (χ0n) is 17.4. The van der Waals surface area contributed by atoms with Gasteiger partial charge in [0.25, 0.3) is 5.56 Å². The normalized spacial score (nSPS) is 16.0. The van der Waals surface area contributed by atoms with Gasteiger partial charge in [0.15, 0.2) is 0 Å². The maximum absolute atomic E-state index is 12.4. The zero-order valence-corrected chi connectivity index (χ0v) is 19.7. The van der Waals surface area contributed by atoms with Crippen LogP contribution in [0.2, 0.25) is 10.0 Å². The van der Waals surface area contributed by atoms with Crippen LogP contribution in [0.5, 0.6) is 0 Å². The van der Waals surface area contributed by atoms with Crippen molar-refractivity contribution < 1.29 is 8.76 Å². The lowest BCUT2D eigenvalue weighted by molar-refractivity contribution is 0.523. The van der Waals surface area contributed by atoms with Crippen LogP contribution in [-0.4, -0.2) is 25.6 Å². The molecule has 0 aliphatic carbocycles. The van der Waals surface area contributed by atoms with Gasteiger partial charge < -0.3 is 9.12 Å². The molecule has 2 atom stereocenters. The highest BCUT2D eigenvalue weighted by Gasteiger charge is 2.25. The van der Waals surface area contributed by atoms with Crippen LogP contribution < -0.4 is 10.3 Å². The summed E-state index contributed by atoms with van der Waals surface area (Å²) < 4.78 is 25.6. The fraction of sp³-hybridized carbons (Fsp3) is 0.217. The summed E-state index contributed by atoms with van der Waals surface area (Å²) in [6, 6.07) is 12.6. The molecule has 4 rings (SSSR count). The first kappa shape index (κ1) is 22.9. The van der Waals surface area contributed by atoms with E-state index in [2.05, 4.69) is 4.72 Å². The molecule has 1 aliphatic rings. The second-order valence-corrected chi connectivity index (χ2v) is 9.22. The van der Waals surface area contributed by atoms with Crippen molar-refractivity contribution in [3.05, 3.63) is 91.3 Å². The van der Waals surface area contributed by atoms with E-state index in [0.29, 0.717) is 16.5 Å². The fourth-order valence-corrected chi connectivity index (χ4v) is 4.54. The van der Waals surface area contributed by atoms with Gasteiger partial charge in [0.2, 0.25) is 0 Å². The van der Waals surface area contributed by atoms with E-state index in [-0.39, 0.29) is 18.1 Å². The second-order valence-electron chi connectivity index (χ2n) is 7.62. The van der Waals surface area contributed by atoms with E-state index in [1.54, 1.807) is 17.7 Å². The van der Waals surface area contributed by atoms with Crippen molar-refractivity contribution in [1.29, 1.82) is 0 Å². The molecule has 1 aromatic heterocycles. The van der Waals surface area contributed by atoms with E-state index in [4.69, 9.17) is 28.2 Å². The first-order valence-corrected chi connectivity index (χ1v) is 11.8. The van der Waals surface area contributed by atoms with Gasteiger partial charge in [0, 0.05) is 63.9 Å². The first-order chi connectivity index (χ1) is 15.2. The van der Waals surface area contributed by atoms with Crippen LogP contribution in [0, 0.1) is 0 Å². The highest BCUT2D eigenvalue weighted by Crippen LogP contribution is 2.39. The Morgan fingerprint density at radius 2 is 1.84 bits per heavy atom. The minimum absolute atomic E-state index is 0.112. The molecular weight excluding hydrogens is 469 g/mol. The Kier molecular flexibility index (Phi) is 6.65. The molecule has 0 fully saturated rings. The highest BCUT2D eigenvalue weighted by molar-refractivity contribution is 7.77. The standard InChI is InChI=1S/C23H21Cl2N3O3S/c1-13-17-11-22(29)28(2)12-20(17)18-9-15(7-8-26-32(30)31)21(25)10-19(18)23(27-13)14-3-5-16(24)6-4-14/h3-6,9-13,26H,7-8H2,1-2H3,(H,30,31)/p-1. The Bertz CT molecular complexity index is 1300. The Morgan fingerprint density at radius 1 is 1.12 bits per heavy atom. The van der Waals surface area contributed by atoms with Crippen LogP contribution in [0.1, 0.15) is 35.2 Å². The molecule has 32 heavy (non-hydrogen) atoms. The number of rotatable bonds is 5. The maximum Gasteiger partial charge on any atom is 0.250 e. The lowest BCUT2D eigenvalue weighted by Gasteiger charge is -2.16. The summed E-state index contributed by atoms with van der Waals surface area (Å²) in [5.41, 5.74) is 5.76. The van der Waals surface area contributed by atoms with Crippen LogP contribution >= 0.6 is 23.2 Å². The van der Waals surface area contributed by atoms with Crippen molar-refractivity contribution in [2.24, 2.45) is 12.0 Å². The van der Waals surface area contributed by atoms with E-state index in [9.17, 15) is 13.6 Å². The number of pyridine rings is 1. The molecule has 166 valence electrons. The van der Waals surface area contributed by atoms with E-state index >= 15 is 0 Å². The van der Waals surface area contributed by atoms with Crippen LogP contribution in [-0.2, 0) is 24.7 Å². The number of nitrogens with one attached hydrogen (secondary N) is 1. The summed E-state index contributed by atoms with van der Waals surface area (Å²) >= 11 is 10.4. The summed E-state index contributed by atoms with van der Waals surface area (Å²) in [7, 11) is 1.71. The molecule has 2 unspecified atom stereocenters. The summed E-state index contributed by atoms with van der Waals surface area (Å²) in [6.45, 7) is 2.18. The second kappa shape index (κ2) is 9.29. The van der Waals surface area contributed by atoms with Crippen LogP contribution in [0.25, 0.3) is 11.1 Å². The number of benzene rings is 2. The predicted octanol–water partition coefficient (Wildman–Crippen LogP) is 4.20. The highest BCUT2D eigenvalue weighted by atomic mass is 35.5. The first-order valence-electron chi connectivity index (χ1n) is 9.95. The molecule has 0 saturated heterocycles. The van der Waals surface area contributed by atoms with Gasteiger partial charge in [0.05, 0.1) is 11.8 Å². The average Bonchev–Trinajstić information content (AvgIpc) is 2.84. The van der Waals surface area contributed by atoms with E-state index < -0.39 is 11.3 Å². The van der Waals surface area contributed by atoms with Gasteiger partial charge in [-0.3, -0.25) is 14.0 Å². The third-order valence-corrected chi connectivity index (χ3v) is 6.54. The SMILES string of the molecule is CC1N=C(c2ccc(Cl)cc2)c2cc(Cl)c(CCNS(=O)[O-])cc2-c2cn(C)c(=O)cc21. The number of aryl methyl sites for hydroxylation is 1. The Hall–Kier alpha value is -2.29. The van der Waals surface area contributed by atoms with Crippen molar-refractivity contribution >= 4 is 40.2 Å². The van der Waals surface area contributed by atoms with Gasteiger partial charge in [-0.15, -0.1) is 0 Å². The number of fused-ring (bicyclic) bond motifs is 3. The van der Waals surface area contributed by atoms with Crippen molar-refractivity contribution in [2.75, 3.05) is 6.54 Å². The van der Waals surface area contributed by atoms with Crippen LogP contribution in [0.3, 0.4) is 0 Å². The molecule has 1 N–H and O–H groups in total. The molecule has 0 radical (unpaired) electrons. The third kappa shape index (κ3) is 4.58. The minimum atomic E-state index is -2.34. The molecule has 0 amide bonds. The molecule has 3 aromatic rings. The number of aliphatic imine (C=N–C) groups is 1. The predicted molar refractivity (Wildman–Crippen MR) is 128 cm³/mol. The average molecular weight is 489 g/mol. The molecule has 0 spiro atoms. The molecule has 2 heterocycles. The molecule has 1 aliphatic heterocycles. The van der Waals surface area contributed by atoms with E-state index in [1.807, 2.05) is 49.5 Å². The minimum Gasteiger partial charge on any atom is -0.760 e. The maximum atomic E-state index is 12.4. The zero-order chi connectivity index (χ0) is 23.0. The lowest BCUT2D eigenvalue weighted by Crippen LogP contribution is -2.19. The van der Waals surface area contributed by atoms with Gasteiger partial charge in [-0.2, -0.15) is 0 Å². The van der Waals surface area contributed by atoms with Gasteiger partial charge in [-0.05, 0) is 54.3 Å². The molecular formula is C23H20Cl2N3O3S-. The summed E-state index contributed by atoms with van der Waals surface area (Å²) in [6.07, 6.45) is 2.24. The summed E-state index contributed by atoms with van der Waals surface area (Å²) in [5.74, 6) is 0. The topological polar surface area (TPSA) is 86.5 Å². The molecule has 9 heteroatoms. The molecule has 6 nitrogen and oxygen atoms in total. The Morgan fingerprint density at radius 3 is 2.53 bits per heavy atom. The van der Waals surface area contributed by atoms with E-state index in [1.165, 1.54) is 0 Å². The van der Waals surface area contributed by atoms with Gasteiger partial charge in [-0.1, -0.05) is 35.3 Å². The molecule has 0 bridgehead atoms. The lowest BCUT2D eigenvalue weighted by atomic mass is 9.90. The monoisotopic (exact) mass is 488 g/mol. The van der Waals surface area contributed by atoms with Gasteiger partial charge in [-0.25, -0.2) is 4.72 Å². The molecule has 2 aromatic carbocycles. The smallest absolute Gasteiger partial charge is 0.250 e. The van der Waals surface area contributed by atoms with Gasteiger partial charge >= 0.3 is 0 Å². The van der Waals surface area contributed by atoms with Crippen LogP contribution in [0.15, 0.2) is 58.4 Å². The largest absolute Gasteiger partial charge is 0.760 e. The van der Waals surface area contributed by atoms with Crippen molar-refractivity contribution in [2.45, 2.75) is 19.4 Å². The Balaban J connectivity index is 1.95. The number of aromatic nitrogens is 1. The van der Waals surface area contributed by atoms with Gasteiger partial charge in [0.1, 0.15) is 0 Å². The van der Waals surface area contributed by atoms with Crippen LogP contribution in [0.4, 0.5) is 0 Å².